The molecule has 3 aromatic carbocycles. The third-order valence-corrected chi connectivity index (χ3v) is 3.92. The second-order valence-corrected chi connectivity index (χ2v) is 5.84. The van der Waals surface area contributed by atoms with Crippen LogP contribution >= 0.6 is 11.6 Å². The number of fused-ring (bicyclic) bond motifs is 1. The molecule has 1 N–H and O–H groups in total. The van der Waals surface area contributed by atoms with Gasteiger partial charge in [-0.25, -0.2) is 9.59 Å². The highest BCUT2D eigenvalue weighted by Crippen LogP contribution is 2.34. The van der Waals surface area contributed by atoms with Crippen LogP contribution in [0.3, 0.4) is 0 Å². The summed E-state index contributed by atoms with van der Waals surface area (Å²) in [5.41, 5.74) is 0.703. The second kappa shape index (κ2) is 7.89. The lowest BCUT2D eigenvalue weighted by molar-refractivity contribution is 0.0737. The van der Waals surface area contributed by atoms with Crippen LogP contribution in [0.4, 0.5) is 10.5 Å². The molecule has 132 valence electrons. The summed E-state index contributed by atoms with van der Waals surface area (Å²) >= 11 is 5.85. The minimum Gasteiger partial charge on any atom is -0.450 e. The number of nitrogens with one attached hydrogen (secondary N) is 1. The van der Waals surface area contributed by atoms with Crippen LogP contribution in [0.25, 0.3) is 10.8 Å². The predicted octanol–water partition coefficient (Wildman–Crippen LogP) is 5.28. The van der Waals surface area contributed by atoms with Crippen molar-refractivity contribution >= 4 is 40.1 Å². The number of anilines is 1. The number of carbonyl (C=O) groups excluding carboxylic acids is 2. The quantitative estimate of drug-likeness (QED) is 0.502. The van der Waals surface area contributed by atoms with E-state index in [1.165, 1.54) is 0 Å². The number of esters is 1. The van der Waals surface area contributed by atoms with Gasteiger partial charge in [0.25, 0.3) is 0 Å². The van der Waals surface area contributed by atoms with Gasteiger partial charge < -0.3 is 9.47 Å². The summed E-state index contributed by atoms with van der Waals surface area (Å²) in [4.78, 5) is 24.3. The van der Waals surface area contributed by atoms with Gasteiger partial charge >= 0.3 is 12.1 Å². The average molecular weight is 370 g/mol. The van der Waals surface area contributed by atoms with Crippen molar-refractivity contribution < 1.29 is 19.1 Å². The molecule has 3 aromatic rings. The number of benzene rings is 3. The lowest BCUT2D eigenvalue weighted by Gasteiger charge is -2.14. The third-order valence-electron chi connectivity index (χ3n) is 3.67. The first kappa shape index (κ1) is 17.8. The molecular weight excluding hydrogens is 354 g/mol. The lowest BCUT2D eigenvalue weighted by Crippen LogP contribution is -2.16. The highest BCUT2D eigenvalue weighted by atomic mass is 35.5. The highest BCUT2D eigenvalue weighted by molar-refractivity contribution is 6.30. The Balaban J connectivity index is 1.99. The van der Waals surface area contributed by atoms with Crippen molar-refractivity contribution in [2.75, 3.05) is 11.9 Å². The van der Waals surface area contributed by atoms with Gasteiger partial charge in [-0.05, 0) is 42.6 Å². The van der Waals surface area contributed by atoms with Crippen molar-refractivity contribution in [1.82, 2.24) is 0 Å². The van der Waals surface area contributed by atoms with E-state index in [1.54, 1.807) is 37.3 Å². The van der Waals surface area contributed by atoms with Gasteiger partial charge in [-0.1, -0.05) is 41.9 Å². The van der Waals surface area contributed by atoms with E-state index in [0.29, 0.717) is 21.7 Å². The van der Waals surface area contributed by atoms with Crippen molar-refractivity contribution in [2.24, 2.45) is 0 Å². The number of halogens is 1. The van der Waals surface area contributed by atoms with Gasteiger partial charge in [0.15, 0.2) is 5.75 Å². The van der Waals surface area contributed by atoms with Crippen LogP contribution in [0.15, 0.2) is 60.7 Å². The number of hydrogen-bond donors (Lipinski definition) is 1. The molecular formula is C20H16ClNO4. The van der Waals surface area contributed by atoms with E-state index in [2.05, 4.69) is 5.32 Å². The fraction of sp³-hybridized carbons (Fsp3) is 0.100. The van der Waals surface area contributed by atoms with E-state index >= 15 is 0 Å². The van der Waals surface area contributed by atoms with Crippen LogP contribution < -0.4 is 10.1 Å². The summed E-state index contributed by atoms with van der Waals surface area (Å²) in [6, 6.07) is 17.3. The number of carbonyl (C=O) groups is 2. The lowest BCUT2D eigenvalue weighted by atomic mass is 10.1. The van der Waals surface area contributed by atoms with Crippen LogP contribution in [0.5, 0.6) is 5.75 Å². The van der Waals surface area contributed by atoms with Crippen LogP contribution in [0.2, 0.25) is 5.02 Å². The molecule has 0 aromatic heterocycles. The van der Waals surface area contributed by atoms with Crippen molar-refractivity contribution in [1.29, 1.82) is 0 Å². The summed E-state index contributed by atoms with van der Waals surface area (Å²) < 4.78 is 10.5. The van der Waals surface area contributed by atoms with Gasteiger partial charge in [0.1, 0.15) is 0 Å². The van der Waals surface area contributed by atoms with E-state index in [9.17, 15) is 9.59 Å². The molecule has 0 unspecified atom stereocenters. The monoisotopic (exact) mass is 369 g/mol. The minimum atomic E-state index is -0.619. The second-order valence-electron chi connectivity index (χ2n) is 5.41. The first-order chi connectivity index (χ1) is 12.6. The number of ether oxygens (including phenoxy) is 2. The number of amides is 1. The number of rotatable bonds is 4. The Hall–Kier alpha value is -3.05. The summed E-state index contributed by atoms with van der Waals surface area (Å²) in [5.74, 6) is -0.291. The molecule has 0 saturated carbocycles. The van der Waals surface area contributed by atoms with E-state index in [1.807, 2.05) is 30.3 Å². The normalized spacial score (nSPS) is 10.4. The molecule has 0 radical (unpaired) electrons. The standard InChI is InChI=1S/C20H16ClNO4/c1-2-25-20(24)22-17-12-9-13-5-3-4-6-16(13)18(17)26-19(23)14-7-10-15(21)11-8-14/h3-12H,2H2,1H3,(H,22,24). The summed E-state index contributed by atoms with van der Waals surface area (Å²) in [7, 11) is 0. The molecule has 26 heavy (non-hydrogen) atoms. The van der Waals surface area contributed by atoms with Crippen molar-refractivity contribution in [3.8, 4) is 5.75 Å². The van der Waals surface area contributed by atoms with Gasteiger partial charge in [-0.2, -0.15) is 0 Å². The molecule has 0 bridgehead atoms. The van der Waals surface area contributed by atoms with Crippen molar-refractivity contribution in [3.05, 3.63) is 71.2 Å². The molecule has 0 spiro atoms. The molecule has 5 nitrogen and oxygen atoms in total. The molecule has 3 rings (SSSR count). The topological polar surface area (TPSA) is 64.6 Å². The van der Waals surface area contributed by atoms with Crippen molar-refractivity contribution in [3.63, 3.8) is 0 Å². The molecule has 1 amide bonds. The molecule has 0 saturated heterocycles. The Morgan fingerprint density at radius 2 is 1.73 bits per heavy atom. The fourth-order valence-corrected chi connectivity index (χ4v) is 2.59. The van der Waals surface area contributed by atoms with Gasteiger partial charge in [-0.15, -0.1) is 0 Å². The zero-order valence-corrected chi connectivity index (χ0v) is 14.7. The molecule has 0 aliphatic carbocycles. The largest absolute Gasteiger partial charge is 0.450 e. The smallest absolute Gasteiger partial charge is 0.411 e. The Labute approximate surface area is 155 Å². The highest BCUT2D eigenvalue weighted by Gasteiger charge is 2.17. The zero-order chi connectivity index (χ0) is 18.5. The summed E-state index contributed by atoms with van der Waals surface area (Å²) in [5, 5.41) is 4.71. The SMILES string of the molecule is CCOC(=O)Nc1ccc2ccccc2c1OC(=O)c1ccc(Cl)cc1. The first-order valence-electron chi connectivity index (χ1n) is 8.01. The third kappa shape index (κ3) is 3.95. The van der Waals surface area contributed by atoms with Crippen molar-refractivity contribution in [2.45, 2.75) is 6.92 Å². The van der Waals surface area contributed by atoms with Crippen LogP contribution in [-0.4, -0.2) is 18.7 Å². The van der Waals surface area contributed by atoms with E-state index < -0.39 is 12.1 Å². The molecule has 0 heterocycles. The van der Waals surface area contributed by atoms with Crippen LogP contribution in [0, 0.1) is 0 Å². The van der Waals surface area contributed by atoms with Crippen LogP contribution in [0.1, 0.15) is 17.3 Å². The van der Waals surface area contributed by atoms with Gasteiger partial charge in [-0.3, -0.25) is 5.32 Å². The zero-order valence-electron chi connectivity index (χ0n) is 14.0. The first-order valence-corrected chi connectivity index (χ1v) is 8.39. The molecule has 0 atom stereocenters. The minimum absolute atomic E-state index is 0.235. The molecule has 6 heteroatoms. The van der Waals surface area contributed by atoms with Gasteiger partial charge in [0, 0.05) is 10.4 Å². The Bertz CT molecular complexity index is 954. The maximum absolute atomic E-state index is 12.5. The van der Waals surface area contributed by atoms with E-state index in [4.69, 9.17) is 21.1 Å². The number of hydrogen-bond acceptors (Lipinski definition) is 4. The van der Waals surface area contributed by atoms with Gasteiger partial charge in [0.05, 0.1) is 17.9 Å². The maximum atomic E-state index is 12.5. The predicted molar refractivity (Wildman–Crippen MR) is 101 cm³/mol. The Kier molecular flexibility index (Phi) is 5.39. The Morgan fingerprint density at radius 3 is 2.46 bits per heavy atom. The Morgan fingerprint density at radius 1 is 1.00 bits per heavy atom. The van der Waals surface area contributed by atoms with Crippen LogP contribution in [-0.2, 0) is 4.74 Å². The van der Waals surface area contributed by atoms with Gasteiger partial charge in [0.2, 0.25) is 0 Å². The molecule has 0 aliphatic heterocycles. The fourth-order valence-electron chi connectivity index (χ4n) is 2.47. The maximum Gasteiger partial charge on any atom is 0.411 e. The summed E-state index contributed by atoms with van der Waals surface area (Å²) in [6.07, 6.45) is -0.619. The molecule has 0 aliphatic rings. The van der Waals surface area contributed by atoms with E-state index in [0.717, 1.165) is 5.39 Å². The summed E-state index contributed by atoms with van der Waals surface area (Å²) in [6.45, 7) is 1.95. The molecule has 0 fully saturated rings. The average Bonchev–Trinajstić information content (AvgIpc) is 2.64. The van der Waals surface area contributed by atoms with E-state index in [-0.39, 0.29) is 12.4 Å².